The van der Waals surface area contributed by atoms with E-state index >= 15 is 0 Å². The van der Waals surface area contributed by atoms with Crippen LogP contribution >= 0.6 is 0 Å². The van der Waals surface area contributed by atoms with Gasteiger partial charge in [-0.1, -0.05) is 5.16 Å². The molecule has 1 saturated heterocycles. The molecule has 1 fully saturated rings. The van der Waals surface area contributed by atoms with Crippen LogP contribution in [0.2, 0.25) is 0 Å². The number of amides is 1. The van der Waals surface area contributed by atoms with Crippen LogP contribution in [0.3, 0.4) is 0 Å². The highest BCUT2D eigenvalue weighted by atomic mass is 16.5. The lowest BCUT2D eigenvalue weighted by atomic mass is 9.96. The van der Waals surface area contributed by atoms with Crippen LogP contribution in [0, 0.1) is 12.8 Å². The first kappa shape index (κ1) is 19.9. The van der Waals surface area contributed by atoms with Gasteiger partial charge in [-0.05, 0) is 38.0 Å². The number of carbonyl (C=O) groups is 1. The van der Waals surface area contributed by atoms with Crippen molar-refractivity contribution in [3.8, 4) is 11.5 Å². The molecule has 1 amide bonds. The van der Waals surface area contributed by atoms with Crippen LogP contribution in [0.5, 0.6) is 11.5 Å². The molecule has 1 atom stereocenters. The molecule has 0 aliphatic carbocycles. The molecule has 1 aromatic carbocycles. The molecule has 0 saturated carbocycles. The van der Waals surface area contributed by atoms with E-state index in [1.54, 1.807) is 14.2 Å². The second-order valence-electron chi connectivity index (χ2n) is 7.33. The van der Waals surface area contributed by atoms with Gasteiger partial charge in [0.15, 0.2) is 0 Å². The lowest BCUT2D eigenvalue weighted by molar-refractivity contribution is -0.125. The fourth-order valence-corrected chi connectivity index (χ4v) is 3.87. The average molecular weight is 411 g/mol. The second kappa shape index (κ2) is 8.56. The van der Waals surface area contributed by atoms with Gasteiger partial charge in [-0.15, -0.1) is 0 Å². The van der Waals surface area contributed by atoms with Crippen molar-refractivity contribution in [3.05, 3.63) is 35.8 Å². The zero-order valence-electron chi connectivity index (χ0n) is 17.3. The van der Waals surface area contributed by atoms with Crippen molar-refractivity contribution in [1.82, 2.24) is 20.4 Å². The molecule has 3 aromatic rings. The number of piperidine rings is 1. The average Bonchev–Trinajstić information content (AvgIpc) is 3.18. The number of anilines is 1. The monoisotopic (exact) mass is 411 g/mol. The van der Waals surface area contributed by atoms with E-state index in [9.17, 15) is 4.79 Å². The van der Waals surface area contributed by atoms with E-state index in [1.807, 2.05) is 25.1 Å². The van der Waals surface area contributed by atoms with Crippen molar-refractivity contribution in [2.75, 3.05) is 32.2 Å². The summed E-state index contributed by atoms with van der Waals surface area (Å²) >= 11 is 0. The van der Waals surface area contributed by atoms with Crippen molar-refractivity contribution >= 4 is 22.8 Å². The van der Waals surface area contributed by atoms with Crippen molar-refractivity contribution in [2.24, 2.45) is 5.92 Å². The Morgan fingerprint density at radius 3 is 2.97 bits per heavy atom. The molecule has 4 rings (SSSR count). The van der Waals surface area contributed by atoms with Crippen molar-refractivity contribution < 1.29 is 18.8 Å². The number of nitrogens with one attached hydrogen (secondary N) is 1. The molecule has 0 radical (unpaired) electrons. The first-order chi connectivity index (χ1) is 14.6. The summed E-state index contributed by atoms with van der Waals surface area (Å²) in [7, 11) is 3.23. The molecule has 30 heavy (non-hydrogen) atoms. The number of benzene rings is 1. The number of methoxy groups -OCH3 is 2. The first-order valence-electron chi connectivity index (χ1n) is 9.91. The van der Waals surface area contributed by atoms with E-state index in [0.717, 1.165) is 47.6 Å². The van der Waals surface area contributed by atoms with Crippen LogP contribution in [0.4, 0.5) is 5.82 Å². The summed E-state index contributed by atoms with van der Waals surface area (Å²) in [6, 6.07) is 5.54. The van der Waals surface area contributed by atoms with E-state index in [0.29, 0.717) is 24.6 Å². The molecular formula is C21H25N5O4. The van der Waals surface area contributed by atoms with Gasteiger partial charge in [0.05, 0.1) is 25.8 Å². The van der Waals surface area contributed by atoms with Gasteiger partial charge in [0.25, 0.3) is 5.71 Å². The van der Waals surface area contributed by atoms with E-state index in [2.05, 4.69) is 25.3 Å². The number of nitrogens with zero attached hydrogens (tertiary/aromatic N) is 4. The summed E-state index contributed by atoms with van der Waals surface area (Å²) in [6.45, 7) is 3.65. The Bertz CT molecular complexity index is 1050. The van der Waals surface area contributed by atoms with Gasteiger partial charge < -0.3 is 24.2 Å². The predicted octanol–water partition coefficient (Wildman–Crippen LogP) is 2.48. The standard InChI is InChI=1S/C21H25N5O4/c1-13-18-19(23-12-24-21(18)30-25-13)26-8-4-5-14(11-26)20(27)22-10-15-9-16(28-2)6-7-17(15)29-3/h6-7,9,12,14H,4-5,8,10-11H2,1-3H3,(H,22,27)/t14-/m1/s1. The largest absolute Gasteiger partial charge is 0.497 e. The van der Waals surface area contributed by atoms with Crippen molar-refractivity contribution in [2.45, 2.75) is 26.3 Å². The number of carbonyl (C=O) groups excluding carboxylic acids is 1. The molecule has 1 N–H and O–H groups in total. The Kier molecular flexibility index (Phi) is 5.69. The number of aryl methyl sites for hydroxylation is 1. The number of rotatable bonds is 6. The Morgan fingerprint density at radius 2 is 2.17 bits per heavy atom. The third-order valence-corrected chi connectivity index (χ3v) is 5.46. The Hall–Kier alpha value is -3.36. The Morgan fingerprint density at radius 1 is 1.30 bits per heavy atom. The fourth-order valence-electron chi connectivity index (χ4n) is 3.87. The van der Waals surface area contributed by atoms with Gasteiger partial charge in [0.2, 0.25) is 5.91 Å². The summed E-state index contributed by atoms with van der Waals surface area (Å²) in [6.07, 6.45) is 3.20. The predicted molar refractivity (Wildman–Crippen MR) is 111 cm³/mol. The maximum atomic E-state index is 12.9. The van der Waals surface area contributed by atoms with Crippen LogP contribution in [0.25, 0.3) is 11.1 Å². The van der Waals surface area contributed by atoms with E-state index in [1.165, 1.54) is 6.33 Å². The smallest absolute Gasteiger partial charge is 0.263 e. The van der Waals surface area contributed by atoms with Crippen molar-refractivity contribution in [3.63, 3.8) is 0 Å². The molecule has 158 valence electrons. The molecule has 9 nitrogen and oxygen atoms in total. The number of ether oxygens (including phenoxy) is 2. The number of hydrogen-bond acceptors (Lipinski definition) is 8. The number of fused-ring (bicyclic) bond motifs is 1. The van der Waals surface area contributed by atoms with Crippen molar-refractivity contribution in [1.29, 1.82) is 0 Å². The lowest BCUT2D eigenvalue weighted by Crippen LogP contribution is -2.43. The molecular weight excluding hydrogens is 386 g/mol. The molecule has 3 heterocycles. The van der Waals surface area contributed by atoms with Gasteiger partial charge >= 0.3 is 0 Å². The van der Waals surface area contributed by atoms with Gasteiger partial charge in [0.1, 0.15) is 29.0 Å². The van der Waals surface area contributed by atoms with Crippen LogP contribution in [0.15, 0.2) is 29.0 Å². The lowest BCUT2D eigenvalue weighted by Gasteiger charge is -2.33. The maximum Gasteiger partial charge on any atom is 0.263 e. The summed E-state index contributed by atoms with van der Waals surface area (Å²) < 4.78 is 15.9. The third kappa shape index (κ3) is 3.87. The van der Waals surface area contributed by atoms with Gasteiger partial charge in [0, 0.05) is 25.2 Å². The quantitative estimate of drug-likeness (QED) is 0.660. The molecule has 2 aromatic heterocycles. The second-order valence-corrected chi connectivity index (χ2v) is 7.33. The molecule has 9 heteroatoms. The zero-order chi connectivity index (χ0) is 21.1. The minimum absolute atomic E-state index is 0.0110. The summed E-state index contributed by atoms with van der Waals surface area (Å²) in [5.41, 5.74) is 2.09. The minimum Gasteiger partial charge on any atom is -0.497 e. The van der Waals surface area contributed by atoms with Crippen LogP contribution < -0.4 is 19.7 Å². The van der Waals surface area contributed by atoms with E-state index < -0.39 is 0 Å². The molecule has 0 unspecified atom stereocenters. The highest BCUT2D eigenvalue weighted by Gasteiger charge is 2.28. The van der Waals surface area contributed by atoms with E-state index in [4.69, 9.17) is 14.0 Å². The number of aromatic nitrogens is 3. The highest BCUT2D eigenvalue weighted by molar-refractivity contribution is 5.88. The topological polar surface area (TPSA) is 103 Å². The maximum absolute atomic E-state index is 12.9. The molecule has 0 spiro atoms. The molecule has 0 bridgehead atoms. The third-order valence-electron chi connectivity index (χ3n) is 5.46. The normalized spacial score (nSPS) is 16.5. The van der Waals surface area contributed by atoms with Crippen LogP contribution in [0.1, 0.15) is 24.1 Å². The number of hydrogen-bond donors (Lipinski definition) is 1. The zero-order valence-corrected chi connectivity index (χ0v) is 17.3. The van der Waals surface area contributed by atoms with E-state index in [-0.39, 0.29) is 11.8 Å². The summed E-state index contributed by atoms with van der Waals surface area (Å²) in [5.74, 6) is 2.08. The summed E-state index contributed by atoms with van der Waals surface area (Å²) in [5, 5.41) is 7.84. The first-order valence-corrected chi connectivity index (χ1v) is 9.91. The Labute approximate surface area is 174 Å². The summed E-state index contributed by atoms with van der Waals surface area (Å²) in [4.78, 5) is 23.6. The fraction of sp³-hybridized carbons (Fsp3) is 0.429. The minimum atomic E-state index is -0.138. The van der Waals surface area contributed by atoms with Crippen LogP contribution in [-0.4, -0.2) is 48.3 Å². The van der Waals surface area contributed by atoms with Crippen LogP contribution in [-0.2, 0) is 11.3 Å². The van der Waals surface area contributed by atoms with Gasteiger partial charge in [-0.2, -0.15) is 4.98 Å². The molecule has 1 aliphatic rings. The van der Waals surface area contributed by atoms with Gasteiger partial charge in [-0.3, -0.25) is 4.79 Å². The van der Waals surface area contributed by atoms with Gasteiger partial charge in [-0.25, -0.2) is 4.98 Å². The highest BCUT2D eigenvalue weighted by Crippen LogP contribution is 2.30. The molecule has 1 aliphatic heterocycles. The SMILES string of the molecule is COc1ccc(OC)c(CNC(=O)[C@@H]2CCCN(c3ncnc4onc(C)c34)C2)c1. The Balaban J connectivity index is 1.46.